The van der Waals surface area contributed by atoms with Gasteiger partial charge in [0.15, 0.2) is 5.65 Å². The van der Waals surface area contributed by atoms with Gasteiger partial charge in [0, 0.05) is 6.20 Å². The minimum atomic E-state index is 0.437. The number of fused-ring (bicyclic) bond motifs is 1. The lowest BCUT2D eigenvalue weighted by atomic mass is 10.3. The second-order valence-corrected chi connectivity index (χ2v) is 3.24. The summed E-state index contributed by atoms with van der Waals surface area (Å²) >= 11 is 9.77. The van der Waals surface area contributed by atoms with Crippen LogP contribution in [0.2, 0.25) is 5.15 Å². The van der Waals surface area contributed by atoms with Crippen molar-refractivity contribution in [1.29, 1.82) is 0 Å². The molecule has 14 heavy (non-hydrogen) atoms. The highest BCUT2D eigenvalue weighted by Gasteiger charge is 2.02. The number of thiol groups is 1. The zero-order valence-electron chi connectivity index (χ0n) is 7.11. The zero-order chi connectivity index (χ0) is 9.97. The van der Waals surface area contributed by atoms with Crippen LogP contribution >= 0.6 is 24.2 Å². The fourth-order valence-corrected chi connectivity index (χ4v) is 1.29. The summed E-state index contributed by atoms with van der Waals surface area (Å²) in [4.78, 5) is 4.13. The van der Waals surface area contributed by atoms with Crippen molar-refractivity contribution < 1.29 is 0 Å². The Morgan fingerprint density at radius 3 is 3.21 bits per heavy atom. The Morgan fingerprint density at radius 1 is 1.57 bits per heavy atom. The summed E-state index contributed by atoms with van der Waals surface area (Å²) in [7, 11) is 0. The molecule has 5 heteroatoms. The van der Waals surface area contributed by atoms with E-state index < -0.39 is 0 Å². The molecular formula is C9H6ClN3S. The molecule has 0 N–H and O–H groups in total. The Hall–Kier alpha value is -1.18. The fraction of sp³-hybridized carbons (Fsp3) is 0.111. The average Bonchev–Trinajstić information content (AvgIpc) is 2.57. The molecule has 0 aliphatic heterocycles. The Kier molecular flexibility index (Phi) is 2.62. The lowest BCUT2D eigenvalue weighted by Crippen LogP contribution is -1.89. The molecule has 0 bridgehead atoms. The summed E-state index contributed by atoms with van der Waals surface area (Å²) in [5, 5.41) is 4.52. The van der Waals surface area contributed by atoms with E-state index in [9.17, 15) is 0 Å². The van der Waals surface area contributed by atoms with Crippen molar-refractivity contribution in [2.75, 3.05) is 5.75 Å². The average molecular weight is 224 g/mol. The summed E-state index contributed by atoms with van der Waals surface area (Å²) < 4.78 is 1.63. The monoisotopic (exact) mass is 223 g/mol. The molecule has 0 aliphatic rings. The molecule has 0 unspecified atom stereocenters. The van der Waals surface area contributed by atoms with Gasteiger partial charge in [-0.25, -0.2) is 9.50 Å². The standard InChI is InChI=1S/C9H6ClN3S/c10-8-3-4-13-9(12-8)7(6-11-13)2-1-5-14/h3-4,6,14H,5H2. The van der Waals surface area contributed by atoms with Crippen molar-refractivity contribution in [3.8, 4) is 11.8 Å². The summed E-state index contributed by atoms with van der Waals surface area (Å²) in [6.45, 7) is 0. The van der Waals surface area contributed by atoms with E-state index in [1.54, 1.807) is 23.0 Å². The highest BCUT2D eigenvalue weighted by atomic mass is 35.5. The lowest BCUT2D eigenvalue weighted by molar-refractivity contribution is 0.939. The van der Waals surface area contributed by atoms with Crippen LogP contribution in [0.25, 0.3) is 5.65 Å². The van der Waals surface area contributed by atoms with Crippen LogP contribution in [0, 0.1) is 11.8 Å². The highest BCUT2D eigenvalue weighted by molar-refractivity contribution is 7.80. The molecule has 0 saturated heterocycles. The van der Waals surface area contributed by atoms with Gasteiger partial charge < -0.3 is 0 Å². The number of hydrogen-bond donors (Lipinski definition) is 1. The topological polar surface area (TPSA) is 30.2 Å². The Morgan fingerprint density at radius 2 is 2.43 bits per heavy atom. The summed E-state index contributed by atoms with van der Waals surface area (Å²) in [5.41, 5.74) is 1.44. The van der Waals surface area contributed by atoms with E-state index in [2.05, 4.69) is 34.6 Å². The molecule has 0 aromatic carbocycles. The first-order chi connectivity index (χ1) is 6.81. The first-order valence-electron chi connectivity index (χ1n) is 3.91. The SMILES string of the molecule is SCC#Cc1cnn2ccc(Cl)nc12. The summed E-state index contributed by atoms with van der Waals surface area (Å²) in [6, 6.07) is 1.68. The summed E-state index contributed by atoms with van der Waals surface area (Å²) in [6.07, 6.45) is 3.41. The van der Waals surface area contributed by atoms with E-state index in [1.807, 2.05) is 0 Å². The van der Waals surface area contributed by atoms with E-state index in [0.717, 1.165) is 5.56 Å². The Balaban J connectivity index is 2.61. The third-order valence-corrected chi connectivity index (χ3v) is 2.01. The molecule has 2 heterocycles. The molecule has 0 aliphatic carbocycles. The smallest absolute Gasteiger partial charge is 0.172 e. The quantitative estimate of drug-likeness (QED) is 0.418. The first kappa shape index (κ1) is 9.38. The molecule has 0 saturated carbocycles. The molecule has 0 atom stereocenters. The second kappa shape index (κ2) is 3.91. The maximum atomic E-state index is 5.77. The van der Waals surface area contributed by atoms with Gasteiger partial charge >= 0.3 is 0 Å². The van der Waals surface area contributed by atoms with E-state index in [1.165, 1.54) is 0 Å². The van der Waals surface area contributed by atoms with Crippen molar-refractivity contribution >= 4 is 29.9 Å². The zero-order valence-corrected chi connectivity index (χ0v) is 8.76. The predicted octanol–water partition coefficient (Wildman–Crippen LogP) is 1.66. The highest BCUT2D eigenvalue weighted by Crippen LogP contribution is 2.10. The van der Waals surface area contributed by atoms with Crippen LogP contribution in [0.4, 0.5) is 0 Å². The van der Waals surface area contributed by atoms with Crippen LogP contribution in [0.15, 0.2) is 18.5 Å². The molecule has 70 valence electrons. The van der Waals surface area contributed by atoms with Gasteiger partial charge in [-0.15, -0.1) is 0 Å². The maximum Gasteiger partial charge on any atom is 0.172 e. The second-order valence-electron chi connectivity index (χ2n) is 2.54. The number of nitrogens with zero attached hydrogens (tertiary/aromatic N) is 3. The molecule has 2 rings (SSSR count). The maximum absolute atomic E-state index is 5.77. The van der Waals surface area contributed by atoms with E-state index in [4.69, 9.17) is 11.6 Å². The molecule has 0 spiro atoms. The van der Waals surface area contributed by atoms with Gasteiger partial charge in [0.2, 0.25) is 0 Å². The molecule has 0 fully saturated rings. The molecular weight excluding hydrogens is 218 g/mol. The molecule has 0 amide bonds. The van der Waals surface area contributed by atoms with Crippen LogP contribution < -0.4 is 0 Å². The molecule has 3 nitrogen and oxygen atoms in total. The van der Waals surface area contributed by atoms with Gasteiger partial charge in [0.05, 0.1) is 17.5 Å². The number of rotatable bonds is 0. The normalized spacial score (nSPS) is 9.86. The largest absolute Gasteiger partial charge is 0.221 e. The van der Waals surface area contributed by atoms with Gasteiger partial charge in [-0.05, 0) is 6.07 Å². The first-order valence-corrected chi connectivity index (χ1v) is 4.92. The molecule has 2 aromatic heterocycles. The Labute approximate surface area is 91.5 Å². The molecule has 2 aromatic rings. The van der Waals surface area contributed by atoms with Crippen LogP contribution in [0.1, 0.15) is 5.56 Å². The number of hydrogen-bond acceptors (Lipinski definition) is 3. The summed E-state index contributed by atoms with van der Waals surface area (Å²) in [5.74, 6) is 6.27. The van der Waals surface area contributed by atoms with Crippen molar-refractivity contribution in [1.82, 2.24) is 14.6 Å². The van der Waals surface area contributed by atoms with Crippen LogP contribution in [-0.4, -0.2) is 20.4 Å². The van der Waals surface area contributed by atoms with Crippen LogP contribution in [0.3, 0.4) is 0 Å². The Bertz CT molecular complexity index is 524. The van der Waals surface area contributed by atoms with Crippen LogP contribution in [-0.2, 0) is 0 Å². The van der Waals surface area contributed by atoms with Gasteiger partial charge in [-0.1, -0.05) is 23.4 Å². The van der Waals surface area contributed by atoms with E-state index in [-0.39, 0.29) is 0 Å². The minimum Gasteiger partial charge on any atom is -0.221 e. The van der Waals surface area contributed by atoms with Gasteiger partial charge in [-0.3, -0.25) is 0 Å². The van der Waals surface area contributed by atoms with Crippen LogP contribution in [0.5, 0.6) is 0 Å². The van der Waals surface area contributed by atoms with E-state index in [0.29, 0.717) is 16.6 Å². The van der Waals surface area contributed by atoms with Crippen molar-refractivity contribution in [2.24, 2.45) is 0 Å². The van der Waals surface area contributed by atoms with Crippen molar-refractivity contribution in [3.05, 3.63) is 29.2 Å². The van der Waals surface area contributed by atoms with Gasteiger partial charge in [0.1, 0.15) is 5.15 Å². The van der Waals surface area contributed by atoms with Crippen molar-refractivity contribution in [2.45, 2.75) is 0 Å². The van der Waals surface area contributed by atoms with Crippen molar-refractivity contribution in [3.63, 3.8) is 0 Å². The third kappa shape index (κ3) is 1.69. The predicted molar refractivity (Wildman–Crippen MR) is 58.7 cm³/mol. The minimum absolute atomic E-state index is 0.437. The van der Waals surface area contributed by atoms with E-state index >= 15 is 0 Å². The van der Waals surface area contributed by atoms with Gasteiger partial charge in [-0.2, -0.15) is 17.7 Å². The number of aromatic nitrogens is 3. The van der Waals surface area contributed by atoms with Gasteiger partial charge in [0.25, 0.3) is 0 Å². The fourth-order valence-electron chi connectivity index (χ4n) is 1.07. The third-order valence-electron chi connectivity index (χ3n) is 1.64. The number of halogens is 1. The molecule has 0 radical (unpaired) electrons. The lowest BCUT2D eigenvalue weighted by Gasteiger charge is -1.92.